The lowest BCUT2D eigenvalue weighted by Gasteiger charge is -2.22. The lowest BCUT2D eigenvalue weighted by Crippen LogP contribution is -2.39. The van der Waals surface area contributed by atoms with Crippen LogP contribution in [0, 0.1) is 5.92 Å². The Bertz CT molecular complexity index is 406. The summed E-state index contributed by atoms with van der Waals surface area (Å²) >= 11 is 0. The molecule has 1 rings (SSSR count). The number of hydrogen-bond donors (Lipinski definition) is 2. The second-order valence-electron chi connectivity index (χ2n) is 4.95. The minimum absolute atomic E-state index is 0. The Morgan fingerprint density at radius 2 is 2.25 bits per heavy atom. The van der Waals surface area contributed by atoms with Crippen molar-refractivity contribution in [3.63, 3.8) is 0 Å². The van der Waals surface area contributed by atoms with Crippen LogP contribution in [0.4, 0.5) is 0 Å². The molecular weight excluding hydrogens is 367 g/mol. The van der Waals surface area contributed by atoms with Gasteiger partial charge in [0.25, 0.3) is 0 Å². The molecule has 0 fully saturated rings. The molecule has 116 valence electrons. The fraction of sp³-hybridized carbons (Fsp3) is 0.643. The van der Waals surface area contributed by atoms with Crippen LogP contribution in [0.15, 0.2) is 23.3 Å². The van der Waals surface area contributed by atoms with E-state index >= 15 is 0 Å². The predicted octanol–water partition coefficient (Wildman–Crippen LogP) is 1.67. The predicted molar refractivity (Wildman–Crippen MR) is 94.5 cm³/mol. The first-order valence-electron chi connectivity index (χ1n) is 6.79. The van der Waals surface area contributed by atoms with E-state index in [4.69, 9.17) is 5.11 Å². The maximum absolute atomic E-state index is 9.05. The Balaban J connectivity index is 0.00000361. The van der Waals surface area contributed by atoms with E-state index in [0.717, 1.165) is 19.0 Å². The van der Waals surface area contributed by atoms with Crippen molar-refractivity contribution in [1.29, 1.82) is 0 Å². The van der Waals surface area contributed by atoms with E-state index < -0.39 is 0 Å². The molecule has 0 radical (unpaired) electrons. The number of guanidine groups is 1. The summed E-state index contributed by atoms with van der Waals surface area (Å²) in [6, 6.07) is 4.15. The van der Waals surface area contributed by atoms with Crippen LogP contribution in [-0.4, -0.2) is 47.3 Å². The number of nitrogens with one attached hydrogen (secondary N) is 1. The van der Waals surface area contributed by atoms with Crippen molar-refractivity contribution in [2.45, 2.75) is 20.4 Å². The standard InChI is InChI=1S/C14H26N4O.HI/c1-5-15-14(16-9-12(2)11-19)18(4)10-13-7-6-8-17(13)3;/h6-8,12,19H,5,9-11H2,1-4H3,(H,15,16);1H. The molecule has 0 amide bonds. The molecule has 1 aromatic rings. The van der Waals surface area contributed by atoms with Crippen LogP contribution in [-0.2, 0) is 13.6 Å². The van der Waals surface area contributed by atoms with E-state index in [0.29, 0.717) is 6.54 Å². The summed E-state index contributed by atoms with van der Waals surface area (Å²) in [5.41, 5.74) is 1.24. The molecule has 5 nitrogen and oxygen atoms in total. The molecule has 0 saturated heterocycles. The largest absolute Gasteiger partial charge is 0.396 e. The van der Waals surface area contributed by atoms with Crippen LogP contribution in [0.25, 0.3) is 0 Å². The van der Waals surface area contributed by atoms with Crippen LogP contribution < -0.4 is 5.32 Å². The van der Waals surface area contributed by atoms with Gasteiger partial charge in [-0.15, -0.1) is 24.0 Å². The number of aliphatic imine (C=N–C) groups is 1. The van der Waals surface area contributed by atoms with Crippen molar-refractivity contribution in [3.05, 3.63) is 24.0 Å². The number of aliphatic hydroxyl groups excluding tert-OH is 1. The van der Waals surface area contributed by atoms with Crippen LogP contribution in [0.3, 0.4) is 0 Å². The fourth-order valence-corrected chi connectivity index (χ4v) is 1.75. The van der Waals surface area contributed by atoms with Crippen molar-refractivity contribution in [1.82, 2.24) is 14.8 Å². The maximum atomic E-state index is 9.05. The van der Waals surface area contributed by atoms with E-state index in [-0.39, 0.29) is 36.5 Å². The first kappa shape index (κ1) is 19.2. The van der Waals surface area contributed by atoms with E-state index in [9.17, 15) is 0 Å². The summed E-state index contributed by atoms with van der Waals surface area (Å²) in [5, 5.41) is 12.3. The Labute approximate surface area is 139 Å². The zero-order valence-electron chi connectivity index (χ0n) is 12.8. The first-order chi connectivity index (χ1) is 9.08. The van der Waals surface area contributed by atoms with Crippen LogP contribution in [0.2, 0.25) is 0 Å². The van der Waals surface area contributed by atoms with Crippen molar-refractivity contribution >= 4 is 29.9 Å². The third-order valence-electron chi connectivity index (χ3n) is 3.01. The quantitative estimate of drug-likeness (QED) is 0.439. The Morgan fingerprint density at radius 3 is 2.75 bits per heavy atom. The third-order valence-corrected chi connectivity index (χ3v) is 3.01. The average Bonchev–Trinajstić information content (AvgIpc) is 2.79. The van der Waals surface area contributed by atoms with Crippen molar-refractivity contribution in [2.75, 3.05) is 26.7 Å². The molecule has 1 heterocycles. The maximum Gasteiger partial charge on any atom is 0.194 e. The Morgan fingerprint density at radius 1 is 1.55 bits per heavy atom. The number of aryl methyl sites for hydroxylation is 1. The van der Waals surface area contributed by atoms with Gasteiger partial charge in [-0.05, 0) is 25.0 Å². The van der Waals surface area contributed by atoms with Gasteiger partial charge in [0.05, 0.1) is 6.54 Å². The van der Waals surface area contributed by atoms with Gasteiger partial charge < -0.3 is 19.9 Å². The summed E-state index contributed by atoms with van der Waals surface area (Å²) in [6.07, 6.45) is 2.04. The second-order valence-corrected chi connectivity index (χ2v) is 4.95. The molecule has 1 aromatic heterocycles. The highest BCUT2D eigenvalue weighted by Gasteiger charge is 2.08. The van der Waals surface area contributed by atoms with Crippen molar-refractivity contribution in [3.8, 4) is 0 Å². The number of aromatic nitrogens is 1. The molecule has 0 aliphatic carbocycles. The fourth-order valence-electron chi connectivity index (χ4n) is 1.75. The molecule has 0 bridgehead atoms. The third kappa shape index (κ3) is 6.13. The Hall–Kier alpha value is -0.760. The number of halogens is 1. The number of rotatable bonds is 6. The topological polar surface area (TPSA) is 52.8 Å². The van der Waals surface area contributed by atoms with Crippen LogP contribution in [0.5, 0.6) is 0 Å². The normalized spacial score (nSPS) is 12.8. The Kier molecular flexibility index (Phi) is 9.66. The summed E-state index contributed by atoms with van der Waals surface area (Å²) in [5.74, 6) is 1.07. The molecule has 0 aliphatic heterocycles. The molecule has 0 saturated carbocycles. The van der Waals surface area contributed by atoms with Crippen molar-refractivity contribution < 1.29 is 5.11 Å². The molecular formula is C14H27IN4O. The lowest BCUT2D eigenvalue weighted by atomic mass is 10.2. The molecule has 1 atom stereocenters. The van der Waals surface area contributed by atoms with Gasteiger partial charge >= 0.3 is 0 Å². The van der Waals surface area contributed by atoms with E-state index in [1.54, 1.807) is 0 Å². The van der Waals surface area contributed by atoms with Gasteiger partial charge in [-0.1, -0.05) is 6.92 Å². The SMILES string of the molecule is CCNC(=NCC(C)CO)N(C)Cc1cccn1C.I. The molecule has 1 unspecified atom stereocenters. The number of nitrogens with zero attached hydrogens (tertiary/aromatic N) is 3. The molecule has 0 aliphatic rings. The first-order valence-corrected chi connectivity index (χ1v) is 6.79. The van der Waals surface area contributed by atoms with Gasteiger partial charge in [0, 0.05) is 45.7 Å². The van der Waals surface area contributed by atoms with E-state index in [2.05, 4.69) is 32.8 Å². The second kappa shape index (κ2) is 10.0. The summed E-state index contributed by atoms with van der Waals surface area (Å²) in [4.78, 5) is 6.66. The van der Waals surface area contributed by atoms with E-state index in [1.807, 2.05) is 33.3 Å². The number of hydrogen-bond acceptors (Lipinski definition) is 2. The molecule has 2 N–H and O–H groups in total. The summed E-state index contributed by atoms with van der Waals surface area (Å²) < 4.78 is 2.11. The smallest absolute Gasteiger partial charge is 0.194 e. The zero-order valence-corrected chi connectivity index (χ0v) is 15.2. The lowest BCUT2D eigenvalue weighted by molar-refractivity contribution is 0.241. The highest BCUT2D eigenvalue weighted by Crippen LogP contribution is 2.04. The van der Waals surface area contributed by atoms with Gasteiger partial charge in [0.1, 0.15) is 0 Å². The zero-order chi connectivity index (χ0) is 14.3. The van der Waals surface area contributed by atoms with E-state index in [1.165, 1.54) is 5.69 Å². The highest BCUT2D eigenvalue weighted by atomic mass is 127. The molecule has 0 spiro atoms. The molecule has 20 heavy (non-hydrogen) atoms. The summed E-state index contributed by atoms with van der Waals surface area (Å²) in [6.45, 7) is 6.50. The summed E-state index contributed by atoms with van der Waals surface area (Å²) in [7, 11) is 4.07. The molecule has 0 aromatic carbocycles. The van der Waals surface area contributed by atoms with Gasteiger partial charge in [0.15, 0.2) is 5.96 Å². The van der Waals surface area contributed by atoms with Gasteiger partial charge in [-0.3, -0.25) is 4.99 Å². The minimum Gasteiger partial charge on any atom is -0.396 e. The monoisotopic (exact) mass is 394 g/mol. The average molecular weight is 394 g/mol. The molecule has 6 heteroatoms. The minimum atomic E-state index is 0. The van der Waals surface area contributed by atoms with Crippen LogP contribution >= 0.6 is 24.0 Å². The van der Waals surface area contributed by atoms with Crippen LogP contribution in [0.1, 0.15) is 19.5 Å². The number of aliphatic hydroxyl groups is 1. The highest BCUT2D eigenvalue weighted by molar-refractivity contribution is 14.0. The van der Waals surface area contributed by atoms with Gasteiger partial charge in [-0.2, -0.15) is 0 Å². The van der Waals surface area contributed by atoms with Gasteiger partial charge in [0.2, 0.25) is 0 Å². The van der Waals surface area contributed by atoms with Gasteiger partial charge in [-0.25, -0.2) is 0 Å². The van der Waals surface area contributed by atoms with Crippen molar-refractivity contribution in [2.24, 2.45) is 18.0 Å².